The number of nitro benzene ring substituents is 1. The van der Waals surface area contributed by atoms with Crippen LogP contribution in [0, 0.1) is 15.9 Å². The summed E-state index contributed by atoms with van der Waals surface area (Å²) in [4.78, 5) is 21.1. The summed E-state index contributed by atoms with van der Waals surface area (Å²) >= 11 is 5.79. The molecule has 1 aromatic carbocycles. The molecule has 20 heavy (non-hydrogen) atoms. The second-order valence-electron chi connectivity index (χ2n) is 3.65. The fraction of sp³-hybridized carbons (Fsp3) is 0.0909. The minimum atomic E-state index is -0.866. The van der Waals surface area contributed by atoms with Crippen molar-refractivity contribution in [3.8, 4) is 5.69 Å². The maximum Gasteiger partial charge on any atom is 0.360 e. The zero-order chi connectivity index (χ0) is 14.9. The Kier molecular flexibility index (Phi) is 3.66. The van der Waals surface area contributed by atoms with E-state index >= 15 is 0 Å². The van der Waals surface area contributed by atoms with Gasteiger partial charge in [-0.3, -0.25) is 10.1 Å². The lowest BCUT2D eigenvalue weighted by Crippen LogP contribution is -2.05. The van der Waals surface area contributed by atoms with E-state index in [4.69, 9.17) is 11.6 Å². The van der Waals surface area contributed by atoms with E-state index in [2.05, 4.69) is 9.84 Å². The van der Waals surface area contributed by atoms with Crippen molar-refractivity contribution < 1.29 is 18.8 Å². The van der Waals surface area contributed by atoms with E-state index < -0.39 is 22.4 Å². The van der Waals surface area contributed by atoms with E-state index in [-0.39, 0.29) is 16.4 Å². The van der Waals surface area contributed by atoms with Crippen LogP contribution in [0.5, 0.6) is 0 Å². The van der Waals surface area contributed by atoms with E-state index in [1.807, 2.05) is 0 Å². The van der Waals surface area contributed by atoms with Crippen molar-refractivity contribution in [2.75, 3.05) is 7.11 Å². The summed E-state index contributed by atoms with van der Waals surface area (Å²) in [7, 11) is 1.16. The predicted octanol–water partition coefficient (Wildman–Crippen LogP) is 2.36. The smallest absolute Gasteiger partial charge is 0.360 e. The Labute approximate surface area is 116 Å². The Morgan fingerprint density at radius 3 is 2.80 bits per heavy atom. The van der Waals surface area contributed by atoms with Crippen molar-refractivity contribution in [2.24, 2.45) is 0 Å². The molecule has 0 unspecified atom stereocenters. The number of ether oxygens (including phenoxy) is 1. The highest BCUT2D eigenvalue weighted by molar-refractivity contribution is 6.33. The Morgan fingerprint density at radius 2 is 2.25 bits per heavy atom. The summed E-state index contributed by atoms with van der Waals surface area (Å²) in [6.07, 6.45) is 1.21. The van der Waals surface area contributed by atoms with Crippen LogP contribution >= 0.6 is 11.6 Å². The van der Waals surface area contributed by atoms with E-state index in [1.54, 1.807) is 0 Å². The van der Waals surface area contributed by atoms with Crippen molar-refractivity contribution in [2.45, 2.75) is 0 Å². The SMILES string of the molecule is COC(=O)c1nn(-c2ccc([N+](=O)[O-])cc2F)cc1Cl. The highest BCUT2D eigenvalue weighted by Gasteiger charge is 2.19. The van der Waals surface area contributed by atoms with Crippen molar-refractivity contribution in [1.82, 2.24) is 9.78 Å². The topological polar surface area (TPSA) is 87.3 Å². The lowest BCUT2D eigenvalue weighted by atomic mass is 10.2. The number of carbonyl (C=O) groups is 1. The first-order valence-electron chi connectivity index (χ1n) is 5.22. The third-order valence-electron chi connectivity index (χ3n) is 2.44. The first-order valence-corrected chi connectivity index (χ1v) is 5.59. The summed E-state index contributed by atoms with van der Waals surface area (Å²) < 4.78 is 19.3. The first kappa shape index (κ1) is 13.9. The largest absolute Gasteiger partial charge is 0.464 e. The van der Waals surface area contributed by atoms with Gasteiger partial charge in [-0.15, -0.1) is 0 Å². The molecule has 7 nitrogen and oxygen atoms in total. The molecule has 0 aliphatic carbocycles. The van der Waals surface area contributed by atoms with Crippen molar-refractivity contribution in [1.29, 1.82) is 0 Å². The van der Waals surface area contributed by atoms with Gasteiger partial charge >= 0.3 is 5.97 Å². The first-order chi connectivity index (χ1) is 9.43. The van der Waals surface area contributed by atoms with Gasteiger partial charge in [0.25, 0.3) is 5.69 Å². The number of nitro groups is 1. The standard InChI is InChI=1S/C11H7ClFN3O4/c1-20-11(17)10-7(12)5-15(14-10)9-3-2-6(16(18)19)4-8(9)13/h2-5H,1H3. The summed E-state index contributed by atoms with van der Waals surface area (Å²) in [5.74, 6) is -1.63. The third-order valence-corrected chi connectivity index (χ3v) is 2.71. The van der Waals surface area contributed by atoms with Gasteiger partial charge in [0.05, 0.1) is 29.3 Å². The molecular formula is C11H7ClFN3O4. The Morgan fingerprint density at radius 1 is 1.55 bits per heavy atom. The lowest BCUT2D eigenvalue weighted by Gasteiger charge is -2.02. The van der Waals surface area contributed by atoms with Gasteiger partial charge in [-0.1, -0.05) is 11.6 Å². The number of methoxy groups -OCH3 is 1. The van der Waals surface area contributed by atoms with Gasteiger partial charge in [0.1, 0.15) is 5.69 Å². The van der Waals surface area contributed by atoms with Gasteiger partial charge in [-0.2, -0.15) is 5.10 Å². The minimum Gasteiger partial charge on any atom is -0.464 e. The van der Waals surface area contributed by atoms with E-state index in [0.29, 0.717) is 0 Å². The average Bonchev–Trinajstić information content (AvgIpc) is 2.79. The summed E-state index contributed by atoms with van der Waals surface area (Å²) in [5.41, 5.74) is -0.641. The summed E-state index contributed by atoms with van der Waals surface area (Å²) in [5, 5.41) is 14.3. The molecule has 0 N–H and O–H groups in total. The van der Waals surface area contributed by atoms with Crippen LogP contribution in [0.15, 0.2) is 24.4 Å². The maximum absolute atomic E-state index is 13.8. The number of hydrogen-bond donors (Lipinski definition) is 0. The molecule has 0 radical (unpaired) electrons. The van der Waals surface area contributed by atoms with Crippen LogP contribution in [-0.2, 0) is 4.74 Å². The molecule has 0 saturated carbocycles. The van der Waals surface area contributed by atoms with Gasteiger partial charge in [-0.25, -0.2) is 13.9 Å². The Hall–Kier alpha value is -2.48. The molecule has 2 aromatic rings. The zero-order valence-electron chi connectivity index (χ0n) is 10.0. The highest BCUT2D eigenvalue weighted by Crippen LogP contribution is 2.22. The van der Waals surface area contributed by atoms with E-state index in [1.165, 1.54) is 6.20 Å². The monoisotopic (exact) mass is 299 g/mol. The number of nitrogens with zero attached hydrogens (tertiary/aromatic N) is 3. The molecule has 9 heteroatoms. The molecule has 0 bridgehead atoms. The molecule has 0 atom stereocenters. The fourth-order valence-corrected chi connectivity index (χ4v) is 1.71. The Balaban J connectivity index is 2.47. The molecule has 0 fully saturated rings. The number of esters is 1. The second-order valence-corrected chi connectivity index (χ2v) is 4.06. The number of aromatic nitrogens is 2. The normalized spacial score (nSPS) is 10.3. The lowest BCUT2D eigenvalue weighted by molar-refractivity contribution is -0.385. The van der Waals surface area contributed by atoms with Crippen molar-refractivity contribution in [3.05, 3.63) is 51.0 Å². The molecule has 0 aliphatic rings. The summed E-state index contributed by atoms with van der Waals surface area (Å²) in [6, 6.07) is 3.03. The molecule has 0 aliphatic heterocycles. The fourth-order valence-electron chi connectivity index (χ4n) is 1.51. The number of non-ortho nitro benzene ring substituents is 1. The molecule has 2 rings (SSSR count). The van der Waals surface area contributed by atoms with Crippen LogP contribution in [0.1, 0.15) is 10.5 Å². The molecule has 104 valence electrons. The van der Waals surface area contributed by atoms with Gasteiger partial charge in [0.2, 0.25) is 0 Å². The predicted molar refractivity (Wildman–Crippen MR) is 66.5 cm³/mol. The van der Waals surface area contributed by atoms with Crippen molar-refractivity contribution >= 4 is 23.3 Å². The van der Waals surface area contributed by atoms with Crippen LogP contribution in [-0.4, -0.2) is 27.8 Å². The molecule has 0 saturated heterocycles. The van der Waals surface area contributed by atoms with Gasteiger partial charge in [0.15, 0.2) is 11.5 Å². The summed E-state index contributed by atoms with van der Waals surface area (Å²) in [6.45, 7) is 0. The van der Waals surface area contributed by atoms with E-state index in [9.17, 15) is 19.3 Å². The van der Waals surface area contributed by atoms with Crippen LogP contribution in [0.3, 0.4) is 0 Å². The second kappa shape index (κ2) is 5.25. The van der Waals surface area contributed by atoms with Crippen LogP contribution in [0.2, 0.25) is 5.02 Å². The van der Waals surface area contributed by atoms with Crippen LogP contribution in [0.4, 0.5) is 10.1 Å². The number of halogens is 2. The zero-order valence-corrected chi connectivity index (χ0v) is 10.8. The average molecular weight is 300 g/mol. The minimum absolute atomic E-state index is 0.0189. The van der Waals surface area contributed by atoms with Crippen LogP contribution in [0.25, 0.3) is 5.69 Å². The Bertz CT molecular complexity index is 701. The highest BCUT2D eigenvalue weighted by atomic mass is 35.5. The number of benzene rings is 1. The van der Waals surface area contributed by atoms with Gasteiger partial charge in [0, 0.05) is 6.07 Å². The third kappa shape index (κ3) is 2.45. The molecule has 1 aromatic heterocycles. The van der Waals surface area contributed by atoms with E-state index in [0.717, 1.165) is 30.0 Å². The molecule has 0 spiro atoms. The maximum atomic E-state index is 13.8. The van der Waals surface area contributed by atoms with Gasteiger partial charge < -0.3 is 4.74 Å². The van der Waals surface area contributed by atoms with Gasteiger partial charge in [-0.05, 0) is 6.07 Å². The van der Waals surface area contributed by atoms with Crippen molar-refractivity contribution in [3.63, 3.8) is 0 Å². The number of carbonyl (C=O) groups excluding carboxylic acids is 1. The van der Waals surface area contributed by atoms with Crippen LogP contribution < -0.4 is 0 Å². The molecule has 0 amide bonds. The quantitative estimate of drug-likeness (QED) is 0.493. The number of rotatable bonds is 3. The molecule has 1 heterocycles. The molecular weight excluding hydrogens is 293 g/mol. The number of hydrogen-bond acceptors (Lipinski definition) is 5.